The van der Waals surface area contributed by atoms with Crippen molar-refractivity contribution in [3.63, 3.8) is 0 Å². The molecule has 0 saturated carbocycles. The zero-order valence-electron chi connectivity index (χ0n) is 19.7. The summed E-state index contributed by atoms with van der Waals surface area (Å²) in [7, 11) is -1.24. The summed E-state index contributed by atoms with van der Waals surface area (Å²) >= 11 is 0. The number of sulfone groups is 1. The molecule has 1 aliphatic rings. The Balaban J connectivity index is 1.45. The number of hydrogen-bond acceptors (Lipinski definition) is 5. The average molecular weight is 476 g/mol. The van der Waals surface area contributed by atoms with Gasteiger partial charge in [0.2, 0.25) is 0 Å². The molecule has 1 aromatic heterocycles. The Morgan fingerprint density at radius 2 is 1.59 bits per heavy atom. The molecule has 1 saturated heterocycles. The second-order valence-electron chi connectivity index (χ2n) is 9.04. The molecule has 7 heteroatoms. The summed E-state index contributed by atoms with van der Waals surface area (Å²) in [5.41, 5.74) is 6.21. The van der Waals surface area contributed by atoms with Gasteiger partial charge in [0.1, 0.15) is 17.7 Å². The zero-order valence-corrected chi connectivity index (χ0v) is 20.5. The Labute approximate surface area is 200 Å². The molecule has 0 atom stereocenters. The van der Waals surface area contributed by atoms with Gasteiger partial charge in [-0.3, -0.25) is 0 Å². The van der Waals surface area contributed by atoms with Gasteiger partial charge in [0, 0.05) is 18.9 Å². The van der Waals surface area contributed by atoms with Crippen molar-refractivity contribution in [1.29, 1.82) is 0 Å². The van der Waals surface area contributed by atoms with E-state index in [9.17, 15) is 8.42 Å². The van der Waals surface area contributed by atoms with E-state index in [4.69, 9.17) is 9.72 Å². The van der Waals surface area contributed by atoms with E-state index in [2.05, 4.69) is 53.2 Å². The van der Waals surface area contributed by atoms with Gasteiger partial charge in [-0.05, 0) is 98.1 Å². The summed E-state index contributed by atoms with van der Waals surface area (Å²) in [5.74, 6) is 1.72. The lowest BCUT2D eigenvalue weighted by molar-refractivity contribution is 0.162. The first-order chi connectivity index (χ1) is 16.3. The number of imidazole rings is 1. The van der Waals surface area contributed by atoms with Gasteiger partial charge < -0.3 is 14.6 Å². The molecule has 3 aromatic carbocycles. The molecule has 0 amide bonds. The van der Waals surface area contributed by atoms with Crippen molar-refractivity contribution < 1.29 is 13.2 Å². The minimum Gasteiger partial charge on any atom is -0.490 e. The van der Waals surface area contributed by atoms with Crippen LogP contribution < -0.4 is 10.1 Å². The van der Waals surface area contributed by atoms with Gasteiger partial charge in [-0.2, -0.15) is 0 Å². The molecule has 2 heterocycles. The molecule has 0 aliphatic carbocycles. The number of rotatable bonds is 5. The molecule has 0 spiro atoms. The predicted molar refractivity (Wildman–Crippen MR) is 136 cm³/mol. The number of aromatic nitrogens is 2. The molecule has 1 aliphatic heterocycles. The number of hydrogen-bond donors (Lipinski definition) is 1. The molecule has 0 bridgehead atoms. The normalized spacial score (nSPS) is 15.0. The zero-order chi connectivity index (χ0) is 23.9. The van der Waals surface area contributed by atoms with Crippen LogP contribution in [0.2, 0.25) is 0 Å². The predicted octanol–water partition coefficient (Wildman–Crippen LogP) is 4.75. The summed E-state index contributed by atoms with van der Waals surface area (Å²) in [6, 6.07) is 19.5. The van der Waals surface area contributed by atoms with Crippen LogP contribution in [0.1, 0.15) is 18.4 Å². The number of nitrogens with one attached hydrogen (secondary N) is 1. The van der Waals surface area contributed by atoms with Gasteiger partial charge in [0.05, 0.1) is 15.9 Å². The average Bonchev–Trinajstić information content (AvgIpc) is 3.17. The van der Waals surface area contributed by atoms with Crippen LogP contribution in [0.4, 0.5) is 0 Å². The molecule has 0 unspecified atom stereocenters. The van der Waals surface area contributed by atoms with Crippen LogP contribution in [0.25, 0.3) is 33.5 Å². The smallest absolute Gasteiger partial charge is 0.175 e. The van der Waals surface area contributed by atoms with E-state index in [1.165, 1.54) is 6.26 Å². The number of fused-ring (bicyclic) bond motifs is 1. The quantitative estimate of drug-likeness (QED) is 0.451. The highest BCUT2D eigenvalue weighted by Gasteiger charge is 2.16. The van der Waals surface area contributed by atoms with Crippen molar-refractivity contribution in [2.24, 2.45) is 7.05 Å². The van der Waals surface area contributed by atoms with Crippen molar-refractivity contribution in [2.75, 3.05) is 19.3 Å². The van der Waals surface area contributed by atoms with Gasteiger partial charge in [-0.15, -0.1) is 0 Å². The molecule has 0 radical (unpaired) electrons. The van der Waals surface area contributed by atoms with Crippen molar-refractivity contribution >= 4 is 20.9 Å². The fraction of sp³-hybridized carbons (Fsp3) is 0.296. The van der Waals surface area contributed by atoms with E-state index in [1.54, 1.807) is 12.1 Å². The molecular formula is C27H29N3O3S. The fourth-order valence-corrected chi connectivity index (χ4v) is 5.20. The van der Waals surface area contributed by atoms with Crippen molar-refractivity contribution in [1.82, 2.24) is 14.9 Å². The second-order valence-corrected chi connectivity index (χ2v) is 11.1. The monoisotopic (exact) mass is 475 g/mol. The summed E-state index contributed by atoms with van der Waals surface area (Å²) in [5, 5.41) is 3.36. The topological polar surface area (TPSA) is 73.2 Å². The van der Waals surface area contributed by atoms with Crippen LogP contribution in [0.15, 0.2) is 65.6 Å². The molecular weight excluding hydrogens is 446 g/mol. The number of piperidine rings is 1. The summed E-state index contributed by atoms with van der Waals surface area (Å²) in [4.78, 5) is 5.18. The molecule has 1 N–H and O–H groups in total. The van der Waals surface area contributed by atoms with Gasteiger partial charge in [0.25, 0.3) is 0 Å². The lowest BCUT2D eigenvalue weighted by Crippen LogP contribution is -2.34. The molecule has 4 aromatic rings. The van der Waals surface area contributed by atoms with Crippen molar-refractivity contribution in [3.05, 3.63) is 66.2 Å². The largest absolute Gasteiger partial charge is 0.490 e. The highest BCUT2D eigenvalue weighted by molar-refractivity contribution is 7.90. The Morgan fingerprint density at radius 1 is 0.941 bits per heavy atom. The van der Waals surface area contributed by atoms with Gasteiger partial charge in [-0.25, -0.2) is 13.4 Å². The standard InChI is InChI=1S/C27H29N3O3S/c1-18-16-21(19-4-8-22(9-5-19)33-23-12-14-28-15-13-23)17-25-26(18)29-27(30(25)2)20-6-10-24(11-7-20)34(3,31)32/h4-11,16-17,23,28H,12-15H2,1-3H3. The lowest BCUT2D eigenvalue weighted by atomic mass is 10.0. The number of nitrogens with zero attached hydrogens (tertiary/aromatic N) is 2. The van der Waals surface area contributed by atoms with Gasteiger partial charge in [0.15, 0.2) is 9.84 Å². The maximum absolute atomic E-state index is 11.8. The highest BCUT2D eigenvalue weighted by atomic mass is 32.2. The molecule has 6 nitrogen and oxygen atoms in total. The minimum atomic E-state index is -3.23. The van der Waals surface area contributed by atoms with Crippen LogP contribution >= 0.6 is 0 Å². The van der Waals surface area contributed by atoms with Crippen LogP contribution in [-0.4, -0.2) is 43.4 Å². The van der Waals surface area contributed by atoms with E-state index >= 15 is 0 Å². The van der Waals surface area contributed by atoms with Crippen LogP contribution in [0.3, 0.4) is 0 Å². The Kier molecular flexibility index (Phi) is 5.91. The maximum Gasteiger partial charge on any atom is 0.175 e. The van der Waals surface area contributed by atoms with Crippen LogP contribution in [0, 0.1) is 6.92 Å². The molecule has 34 heavy (non-hydrogen) atoms. The third kappa shape index (κ3) is 4.45. The first-order valence-electron chi connectivity index (χ1n) is 11.5. The third-order valence-corrected chi connectivity index (χ3v) is 7.62. The van der Waals surface area contributed by atoms with Crippen molar-refractivity contribution in [3.8, 4) is 28.3 Å². The van der Waals surface area contributed by atoms with Gasteiger partial charge in [-0.1, -0.05) is 12.1 Å². The van der Waals surface area contributed by atoms with E-state index in [1.807, 2.05) is 19.2 Å². The molecule has 1 fully saturated rings. The summed E-state index contributed by atoms with van der Waals surface area (Å²) < 4.78 is 31.8. The van der Waals surface area contributed by atoms with E-state index in [0.29, 0.717) is 4.90 Å². The second kappa shape index (κ2) is 8.89. The fourth-order valence-electron chi connectivity index (χ4n) is 4.56. The van der Waals surface area contributed by atoms with E-state index in [0.717, 1.165) is 70.8 Å². The Morgan fingerprint density at radius 3 is 2.24 bits per heavy atom. The SMILES string of the molecule is Cc1cc(-c2ccc(OC3CCNCC3)cc2)cc2c1nc(-c1ccc(S(C)(=O)=O)cc1)n2C. The first-order valence-corrected chi connectivity index (χ1v) is 13.4. The van der Waals surface area contributed by atoms with Crippen LogP contribution in [-0.2, 0) is 16.9 Å². The van der Waals surface area contributed by atoms with Crippen molar-refractivity contribution in [2.45, 2.75) is 30.8 Å². The van der Waals surface area contributed by atoms with Gasteiger partial charge >= 0.3 is 0 Å². The summed E-state index contributed by atoms with van der Waals surface area (Å²) in [6.07, 6.45) is 3.58. The summed E-state index contributed by atoms with van der Waals surface area (Å²) in [6.45, 7) is 4.09. The van der Waals surface area contributed by atoms with E-state index < -0.39 is 9.84 Å². The Hall–Kier alpha value is -3.16. The Bertz CT molecular complexity index is 1430. The molecule has 176 valence electrons. The lowest BCUT2D eigenvalue weighted by Gasteiger charge is -2.23. The van der Waals surface area contributed by atoms with E-state index in [-0.39, 0.29) is 6.10 Å². The third-order valence-electron chi connectivity index (χ3n) is 6.49. The minimum absolute atomic E-state index is 0.282. The van der Waals surface area contributed by atoms with Crippen LogP contribution in [0.5, 0.6) is 5.75 Å². The first kappa shape index (κ1) is 22.6. The number of benzene rings is 3. The molecule has 5 rings (SSSR count). The number of ether oxygens (including phenoxy) is 1. The maximum atomic E-state index is 11.8. The number of aryl methyl sites for hydroxylation is 2. The highest BCUT2D eigenvalue weighted by Crippen LogP contribution is 2.32.